The minimum absolute atomic E-state index is 0.133. The molecule has 5 heteroatoms. The fraction of sp³-hybridized carbons (Fsp3) is 0.643. The van der Waals surface area contributed by atoms with Gasteiger partial charge >= 0.3 is 0 Å². The van der Waals surface area contributed by atoms with E-state index in [-0.39, 0.29) is 10.6 Å². The van der Waals surface area contributed by atoms with E-state index in [0.29, 0.717) is 11.4 Å². The number of hydrogen-bond donors (Lipinski definition) is 1. The molecule has 0 bridgehead atoms. The van der Waals surface area contributed by atoms with Gasteiger partial charge in [0, 0.05) is 18.3 Å². The smallest absolute Gasteiger partial charge is 0.277 e. The van der Waals surface area contributed by atoms with Crippen LogP contribution in [-0.2, 0) is 0 Å². The lowest BCUT2D eigenvalue weighted by Crippen LogP contribution is -2.06. The van der Waals surface area contributed by atoms with Gasteiger partial charge < -0.3 is 5.32 Å². The van der Waals surface area contributed by atoms with Crippen LogP contribution in [0.4, 0.5) is 11.5 Å². The molecule has 0 radical (unpaired) electrons. The van der Waals surface area contributed by atoms with Crippen molar-refractivity contribution in [3.05, 3.63) is 27.9 Å². The molecule has 104 valence electrons. The molecule has 0 atom stereocenters. The molecule has 2 rings (SSSR count). The Morgan fingerprint density at radius 1 is 1.47 bits per heavy atom. The number of nitrogens with one attached hydrogen (secondary N) is 1. The molecular weight excluding hydrogens is 242 g/mol. The summed E-state index contributed by atoms with van der Waals surface area (Å²) in [5, 5.41) is 14.0. The van der Waals surface area contributed by atoms with E-state index in [1.54, 1.807) is 13.1 Å². The van der Waals surface area contributed by atoms with E-state index in [4.69, 9.17) is 0 Å². The van der Waals surface area contributed by atoms with Gasteiger partial charge in [0.2, 0.25) is 0 Å². The van der Waals surface area contributed by atoms with Gasteiger partial charge in [0.05, 0.1) is 11.0 Å². The largest absolute Gasteiger partial charge is 0.370 e. The van der Waals surface area contributed by atoms with Crippen molar-refractivity contribution in [2.45, 2.75) is 45.4 Å². The summed E-state index contributed by atoms with van der Waals surface area (Å²) < 4.78 is 0. The van der Waals surface area contributed by atoms with E-state index >= 15 is 0 Å². The number of rotatable bonds is 6. The molecule has 1 saturated carbocycles. The SMILES string of the molecule is Cc1cnc(NCCCC2CCCC2)cc1[N+](=O)[O-]. The Hall–Kier alpha value is -1.65. The second-order valence-electron chi connectivity index (χ2n) is 5.33. The average molecular weight is 263 g/mol. The van der Waals surface area contributed by atoms with E-state index < -0.39 is 0 Å². The zero-order valence-corrected chi connectivity index (χ0v) is 11.4. The quantitative estimate of drug-likeness (QED) is 0.483. The normalized spacial score (nSPS) is 15.6. The van der Waals surface area contributed by atoms with Crippen molar-refractivity contribution >= 4 is 11.5 Å². The van der Waals surface area contributed by atoms with Crippen molar-refractivity contribution in [3.8, 4) is 0 Å². The molecule has 1 N–H and O–H groups in total. The van der Waals surface area contributed by atoms with Crippen LogP contribution in [0.2, 0.25) is 0 Å². The monoisotopic (exact) mass is 263 g/mol. The third-order valence-electron chi connectivity index (χ3n) is 3.84. The molecule has 0 unspecified atom stereocenters. The fourth-order valence-corrected chi connectivity index (χ4v) is 2.71. The second kappa shape index (κ2) is 6.50. The number of hydrogen-bond acceptors (Lipinski definition) is 4. The number of pyridine rings is 1. The molecule has 1 heterocycles. The minimum Gasteiger partial charge on any atom is -0.370 e. The van der Waals surface area contributed by atoms with Gasteiger partial charge in [-0.2, -0.15) is 0 Å². The Labute approximate surface area is 113 Å². The highest BCUT2D eigenvalue weighted by Gasteiger charge is 2.14. The van der Waals surface area contributed by atoms with Crippen LogP contribution in [-0.4, -0.2) is 16.5 Å². The molecular formula is C14H21N3O2. The van der Waals surface area contributed by atoms with Crippen LogP contribution in [0, 0.1) is 23.0 Å². The van der Waals surface area contributed by atoms with Gasteiger partial charge in [-0.25, -0.2) is 4.98 Å². The standard InChI is InChI=1S/C14H21N3O2/c1-11-10-16-14(9-13(11)17(18)19)15-8-4-7-12-5-2-3-6-12/h9-10,12H,2-8H2,1H3,(H,15,16). The zero-order valence-electron chi connectivity index (χ0n) is 11.4. The molecule has 0 saturated heterocycles. The lowest BCUT2D eigenvalue weighted by molar-refractivity contribution is -0.385. The number of nitro groups is 1. The van der Waals surface area contributed by atoms with Crippen molar-refractivity contribution in [2.24, 2.45) is 5.92 Å². The van der Waals surface area contributed by atoms with Gasteiger partial charge in [0.1, 0.15) is 5.82 Å². The van der Waals surface area contributed by atoms with Gasteiger partial charge in [0.15, 0.2) is 0 Å². The summed E-state index contributed by atoms with van der Waals surface area (Å²) in [5.41, 5.74) is 0.731. The predicted octanol–water partition coefficient (Wildman–Crippen LogP) is 3.68. The Morgan fingerprint density at radius 2 is 2.21 bits per heavy atom. The van der Waals surface area contributed by atoms with Gasteiger partial charge in [-0.15, -0.1) is 0 Å². The molecule has 1 aliphatic rings. The van der Waals surface area contributed by atoms with E-state index in [0.717, 1.165) is 18.9 Å². The van der Waals surface area contributed by atoms with Gasteiger partial charge in [0.25, 0.3) is 5.69 Å². The third kappa shape index (κ3) is 3.91. The van der Waals surface area contributed by atoms with Gasteiger partial charge in [-0.05, 0) is 25.7 Å². The number of anilines is 1. The summed E-state index contributed by atoms with van der Waals surface area (Å²) in [5.74, 6) is 1.49. The molecule has 1 aliphatic carbocycles. The van der Waals surface area contributed by atoms with E-state index in [1.807, 2.05) is 0 Å². The zero-order chi connectivity index (χ0) is 13.7. The summed E-state index contributed by atoms with van der Waals surface area (Å²) in [7, 11) is 0. The number of aryl methyl sites for hydroxylation is 1. The second-order valence-corrected chi connectivity index (χ2v) is 5.33. The molecule has 0 amide bonds. The van der Waals surface area contributed by atoms with Crippen molar-refractivity contribution in [1.82, 2.24) is 4.98 Å². The van der Waals surface area contributed by atoms with Crippen molar-refractivity contribution in [2.75, 3.05) is 11.9 Å². The highest BCUT2D eigenvalue weighted by molar-refractivity contribution is 5.48. The Kier molecular flexibility index (Phi) is 4.71. The van der Waals surface area contributed by atoms with E-state index in [1.165, 1.54) is 38.2 Å². The average Bonchev–Trinajstić information content (AvgIpc) is 2.89. The first-order valence-corrected chi connectivity index (χ1v) is 7.01. The Morgan fingerprint density at radius 3 is 2.89 bits per heavy atom. The van der Waals surface area contributed by atoms with Gasteiger partial charge in [-0.1, -0.05) is 25.7 Å². The maximum Gasteiger partial charge on any atom is 0.277 e. The number of aromatic nitrogens is 1. The molecule has 19 heavy (non-hydrogen) atoms. The first-order chi connectivity index (χ1) is 9.16. The first kappa shape index (κ1) is 13.8. The maximum atomic E-state index is 10.8. The van der Waals surface area contributed by atoms with E-state index in [2.05, 4.69) is 10.3 Å². The topological polar surface area (TPSA) is 68.1 Å². The molecule has 0 aliphatic heterocycles. The summed E-state index contributed by atoms with van der Waals surface area (Å²) in [6.07, 6.45) is 9.41. The van der Waals surface area contributed by atoms with Crippen molar-refractivity contribution in [1.29, 1.82) is 0 Å². The van der Waals surface area contributed by atoms with Crippen LogP contribution in [0.5, 0.6) is 0 Å². The van der Waals surface area contributed by atoms with Crippen LogP contribution in [0.1, 0.15) is 44.1 Å². The summed E-state index contributed by atoms with van der Waals surface area (Å²) in [6, 6.07) is 1.52. The maximum absolute atomic E-state index is 10.8. The molecule has 1 aromatic heterocycles. The van der Waals surface area contributed by atoms with Gasteiger partial charge in [-0.3, -0.25) is 10.1 Å². The molecule has 0 aromatic carbocycles. The molecule has 5 nitrogen and oxygen atoms in total. The number of nitrogens with zero attached hydrogens (tertiary/aromatic N) is 2. The molecule has 1 aromatic rings. The van der Waals surface area contributed by atoms with Crippen molar-refractivity contribution in [3.63, 3.8) is 0 Å². The fourth-order valence-electron chi connectivity index (χ4n) is 2.71. The third-order valence-corrected chi connectivity index (χ3v) is 3.84. The molecule has 1 fully saturated rings. The van der Waals surface area contributed by atoms with E-state index in [9.17, 15) is 10.1 Å². The summed E-state index contributed by atoms with van der Waals surface area (Å²) >= 11 is 0. The van der Waals surface area contributed by atoms with Crippen LogP contribution >= 0.6 is 0 Å². The van der Waals surface area contributed by atoms with Crippen LogP contribution in [0.25, 0.3) is 0 Å². The Balaban J connectivity index is 1.79. The van der Waals surface area contributed by atoms with Crippen molar-refractivity contribution < 1.29 is 4.92 Å². The van der Waals surface area contributed by atoms with Crippen LogP contribution in [0.3, 0.4) is 0 Å². The lowest BCUT2D eigenvalue weighted by Gasteiger charge is -2.09. The van der Waals surface area contributed by atoms with Crippen LogP contribution < -0.4 is 5.32 Å². The van der Waals surface area contributed by atoms with Crippen LogP contribution in [0.15, 0.2) is 12.3 Å². The lowest BCUT2D eigenvalue weighted by atomic mass is 10.0. The molecule has 0 spiro atoms. The highest BCUT2D eigenvalue weighted by atomic mass is 16.6. The predicted molar refractivity (Wildman–Crippen MR) is 75.3 cm³/mol. The minimum atomic E-state index is -0.360. The Bertz CT molecular complexity index is 442. The summed E-state index contributed by atoms with van der Waals surface area (Å²) in [4.78, 5) is 14.6. The summed E-state index contributed by atoms with van der Waals surface area (Å²) in [6.45, 7) is 2.54. The first-order valence-electron chi connectivity index (χ1n) is 7.01. The highest BCUT2D eigenvalue weighted by Crippen LogP contribution is 2.28.